The molecule has 0 radical (unpaired) electrons. The fourth-order valence-electron chi connectivity index (χ4n) is 5.55. The Morgan fingerprint density at radius 1 is 1.02 bits per heavy atom. The first-order valence-corrected chi connectivity index (χ1v) is 15.5. The van der Waals surface area contributed by atoms with Gasteiger partial charge in [-0.1, -0.05) is 24.3 Å². The molecule has 5 rings (SSSR count). The number of nitrogens with two attached hydrogens (primary N) is 1. The maximum atomic E-state index is 13.7. The molecule has 6 N–H and O–H groups in total. The Hall–Kier alpha value is -4.68. The molecule has 1 fully saturated rings. The van der Waals surface area contributed by atoms with Crippen LogP contribution in [-0.4, -0.2) is 70.2 Å². The van der Waals surface area contributed by atoms with Crippen molar-refractivity contribution in [3.05, 3.63) is 72.4 Å². The summed E-state index contributed by atoms with van der Waals surface area (Å²) >= 11 is 0. The predicted molar refractivity (Wildman–Crippen MR) is 172 cm³/mol. The van der Waals surface area contributed by atoms with Crippen molar-refractivity contribution in [2.24, 2.45) is 17.6 Å². The summed E-state index contributed by atoms with van der Waals surface area (Å²) in [6, 6.07) is 18.2. The number of aromatic amines is 1. The first-order chi connectivity index (χ1) is 22.0. The van der Waals surface area contributed by atoms with Crippen molar-refractivity contribution in [3.8, 4) is 28.4 Å². The van der Waals surface area contributed by atoms with Crippen molar-refractivity contribution in [2.75, 3.05) is 32.1 Å². The summed E-state index contributed by atoms with van der Waals surface area (Å²) in [4.78, 5) is 31.5. The molecule has 45 heavy (non-hydrogen) atoms. The van der Waals surface area contributed by atoms with Gasteiger partial charge in [0.25, 0.3) is 0 Å². The second-order valence-corrected chi connectivity index (χ2v) is 11.4. The summed E-state index contributed by atoms with van der Waals surface area (Å²) in [5, 5.41) is 23.1. The zero-order valence-electron chi connectivity index (χ0n) is 25.5. The van der Waals surface area contributed by atoms with E-state index in [9.17, 15) is 9.59 Å². The number of rotatable bonds is 14. The number of carbonyl (C=O) groups is 2. The Morgan fingerprint density at radius 2 is 1.82 bits per heavy atom. The fraction of sp³-hybridized carbons (Fsp3) is 0.394. The molecule has 1 aliphatic rings. The maximum absolute atomic E-state index is 13.7. The van der Waals surface area contributed by atoms with Crippen LogP contribution in [0, 0.1) is 11.8 Å². The number of tetrazole rings is 1. The van der Waals surface area contributed by atoms with Crippen molar-refractivity contribution in [1.29, 1.82) is 0 Å². The third kappa shape index (κ3) is 8.93. The van der Waals surface area contributed by atoms with Crippen LogP contribution in [0.25, 0.3) is 22.5 Å². The van der Waals surface area contributed by atoms with E-state index in [-0.39, 0.29) is 17.7 Å². The standard InChI is InChI=1S/C33H41N9O3/c1-35-16-3-17-45-30-15-12-27(21-36-30)26-5-2-4-23(18-26)19-29(38-32(43)25-8-6-22(20-34)7-9-25)33(44)37-28-13-10-24(11-14-28)31-39-41-42-40-31/h2,4-5,10-15,18,21-22,25,29,35H,3,6-9,16-17,19-20,34H2,1H3,(H,37,44)(H,38,43)(H,39,40,41,42). The average Bonchev–Trinajstić information content (AvgIpc) is 3.62. The molecule has 0 saturated heterocycles. The van der Waals surface area contributed by atoms with Crippen LogP contribution in [0.3, 0.4) is 0 Å². The predicted octanol–water partition coefficient (Wildman–Crippen LogP) is 3.35. The van der Waals surface area contributed by atoms with E-state index in [0.717, 1.165) is 60.9 Å². The summed E-state index contributed by atoms with van der Waals surface area (Å²) in [6.45, 7) is 2.12. The molecule has 2 heterocycles. The van der Waals surface area contributed by atoms with E-state index >= 15 is 0 Å². The maximum Gasteiger partial charge on any atom is 0.247 e. The fourth-order valence-corrected chi connectivity index (χ4v) is 5.55. The molecule has 0 aliphatic heterocycles. The molecule has 1 aliphatic carbocycles. The molecule has 1 unspecified atom stereocenters. The van der Waals surface area contributed by atoms with Gasteiger partial charge in [0.1, 0.15) is 6.04 Å². The van der Waals surface area contributed by atoms with Crippen LogP contribution < -0.4 is 26.4 Å². The largest absolute Gasteiger partial charge is 0.478 e. The minimum Gasteiger partial charge on any atom is -0.478 e. The molecule has 0 bridgehead atoms. The molecule has 4 aromatic rings. The second-order valence-electron chi connectivity index (χ2n) is 11.4. The Balaban J connectivity index is 1.29. The third-order valence-electron chi connectivity index (χ3n) is 8.20. The van der Waals surface area contributed by atoms with E-state index < -0.39 is 6.04 Å². The first-order valence-electron chi connectivity index (χ1n) is 15.5. The highest BCUT2D eigenvalue weighted by atomic mass is 16.5. The lowest BCUT2D eigenvalue weighted by molar-refractivity contribution is -0.130. The van der Waals surface area contributed by atoms with Crippen LogP contribution in [0.4, 0.5) is 5.69 Å². The van der Waals surface area contributed by atoms with Gasteiger partial charge in [-0.25, -0.2) is 4.98 Å². The number of ether oxygens (including phenoxy) is 1. The SMILES string of the molecule is CNCCCOc1ccc(-c2cccc(CC(NC(=O)C3CCC(CN)CC3)C(=O)Nc3ccc(-c4nn[nH]n4)cc3)c2)cn1. The number of nitrogens with one attached hydrogen (secondary N) is 4. The highest BCUT2D eigenvalue weighted by molar-refractivity contribution is 5.97. The van der Waals surface area contributed by atoms with Crippen LogP contribution in [0.15, 0.2) is 66.9 Å². The molecule has 2 aromatic carbocycles. The van der Waals surface area contributed by atoms with Crippen molar-refractivity contribution >= 4 is 17.5 Å². The zero-order chi connectivity index (χ0) is 31.4. The van der Waals surface area contributed by atoms with Gasteiger partial charge in [-0.15, -0.1) is 10.2 Å². The first kappa shape index (κ1) is 31.7. The smallest absolute Gasteiger partial charge is 0.247 e. The molecule has 0 spiro atoms. The lowest BCUT2D eigenvalue weighted by Gasteiger charge is -2.28. The van der Waals surface area contributed by atoms with Gasteiger partial charge in [-0.2, -0.15) is 5.21 Å². The molecule has 1 atom stereocenters. The quantitative estimate of drug-likeness (QED) is 0.134. The number of pyridine rings is 1. The summed E-state index contributed by atoms with van der Waals surface area (Å²) in [5.41, 5.74) is 10.0. The monoisotopic (exact) mass is 611 g/mol. The van der Waals surface area contributed by atoms with Crippen molar-refractivity contribution in [1.82, 2.24) is 36.2 Å². The number of H-pyrrole nitrogens is 1. The summed E-state index contributed by atoms with van der Waals surface area (Å²) in [5.74, 6) is 0.982. The van der Waals surface area contributed by atoms with Gasteiger partial charge >= 0.3 is 0 Å². The van der Waals surface area contributed by atoms with Gasteiger partial charge in [0.15, 0.2) is 0 Å². The Morgan fingerprint density at radius 3 is 2.51 bits per heavy atom. The van der Waals surface area contributed by atoms with Crippen LogP contribution in [0.5, 0.6) is 5.88 Å². The van der Waals surface area contributed by atoms with Crippen LogP contribution in [0.2, 0.25) is 0 Å². The number of hydrogen-bond donors (Lipinski definition) is 5. The van der Waals surface area contributed by atoms with Gasteiger partial charge in [0.2, 0.25) is 23.5 Å². The normalized spacial score (nSPS) is 16.9. The van der Waals surface area contributed by atoms with Gasteiger partial charge in [0, 0.05) is 41.4 Å². The molecule has 12 nitrogen and oxygen atoms in total. The van der Waals surface area contributed by atoms with Gasteiger partial charge in [-0.05, 0) is 105 Å². The number of hydrogen-bond acceptors (Lipinski definition) is 9. The number of benzene rings is 2. The van der Waals surface area contributed by atoms with Crippen LogP contribution >= 0.6 is 0 Å². The number of anilines is 1. The number of carbonyl (C=O) groups excluding carboxylic acids is 2. The number of nitrogens with zero attached hydrogens (tertiary/aromatic N) is 4. The minimum atomic E-state index is -0.775. The average molecular weight is 612 g/mol. The highest BCUT2D eigenvalue weighted by Crippen LogP contribution is 2.29. The summed E-state index contributed by atoms with van der Waals surface area (Å²) < 4.78 is 5.72. The van der Waals surface area contributed by atoms with Gasteiger partial charge in [0.05, 0.1) is 6.61 Å². The van der Waals surface area contributed by atoms with E-state index in [1.165, 1.54) is 0 Å². The topological polar surface area (TPSA) is 173 Å². The van der Waals surface area contributed by atoms with Crippen molar-refractivity contribution in [3.63, 3.8) is 0 Å². The van der Waals surface area contributed by atoms with Crippen LogP contribution in [-0.2, 0) is 16.0 Å². The Labute approximate surface area is 262 Å². The van der Waals surface area contributed by atoms with Gasteiger partial charge in [-0.3, -0.25) is 9.59 Å². The number of aromatic nitrogens is 5. The number of amides is 2. The molecular formula is C33H41N9O3. The molecule has 12 heteroatoms. The van der Waals surface area contributed by atoms with Gasteiger partial charge < -0.3 is 26.4 Å². The highest BCUT2D eigenvalue weighted by Gasteiger charge is 2.29. The van der Waals surface area contributed by atoms with E-state index in [1.54, 1.807) is 30.5 Å². The summed E-state index contributed by atoms with van der Waals surface area (Å²) in [6.07, 6.45) is 6.41. The second kappa shape index (κ2) is 15.9. The van der Waals surface area contributed by atoms with E-state index in [1.807, 2.05) is 43.4 Å². The van der Waals surface area contributed by atoms with E-state index in [2.05, 4.69) is 41.6 Å². The lowest BCUT2D eigenvalue weighted by Crippen LogP contribution is -2.48. The lowest BCUT2D eigenvalue weighted by atomic mass is 9.81. The Bertz CT molecular complexity index is 1500. The minimum absolute atomic E-state index is 0.0938. The molecule has 236 valence electrons. The molecule has 2 amide bonds. The third-order valence-corrected chi connectivity index (χ3v) is 8.20. The summed E-state index contributed by atoms with van der Waals surface area (Å²) in [7, 11) is 1.91. The van der Waals surface area contributed by atoms with Crippen molar-refractivity contribution in [2.45, 2.75) is 44.6 Å². The molecular weight excluding hydrogens is 570 g/mol. The van der Waals surface area contributed by atoms with E-state index in [0.29, 0.717) is 42.9 Å². The van der Waals surface area contributed by atoms with Crippen LogP contribution in [0.1, 0.15) is 37.7 Å². The molecule has 1 saturated carbocycles. The zero-order valence-corrected chi connectivity index (χ0v) is 25.5. The molecule has 2 aromatic heterocycles. The Kier molecular flexibility index (Phi) is 11.2. The van der Waals surface area contributed by atoms with E-state index in [4.69, 9.17) is 10.5 Å². The van der Waals surface area contributed by atoms with Crippen molar-refractivity contribution < 1.29 is 14.3 Å².